The molecule has 0 saturated carbocycles. The average Bonchev–Trinajstić information content (AvgIpc) is 2.91. The molecule has 2 fully saturated rings. The third kappa shape index (κ3) is 15.4. The molecule has 4 unspecified atom stereocenters. The highest BCUT2D eigenvalue weighted by atomic mass is 32.1. The first-order valence-corrected chi connectivity index (χ1v) is 16.2. The molecular formula is C32H63N7S. The van der Waals surface area contributed by atoms with Gasteiger partial charge in [0.15, 0.2) is 0 Å². The zero-order chi connectivity index (χ0) is 29.9. The SMILES string of the molecule is C=C(CCNC(=C)CN1C(C)CCCC1C)NCCN.C=C(CCNC(=C)CN1C(C)CCCC1C)NCCS. The second-order valence-electron chi connectivity index (χ2n) is 11.7. The highest BCUT2D eigenvalue weighted by Gasteiger charge is 2.25. The minimum absolute atomic E-state index is 0.643. The van der Waals surface area contributed by atoms with Crippen LogP contribution in [0.5, 0.6) is 0 Å². The summed E-state index contributed by atoms with van der Waals surface area (Å²) in [7, 11) is 0. The molecule has 2 saturated heterocycles. The van der Waals surface area contributed by atoms with Crippen molar-refractivity contribution in [1.82, 2.24) is 31.1 Å². The van der Waals surface area contributed by atoms with Crippen LogP contribution in [-0.2, 0) is 0 Å². The summed E-state index contributed by atoms with van der Waals surface area (Å²) >= 11 is 4.17. The number of likely N-dealkylation sites (tertiary alicyclic amines) is 2. The fourth-order valence-corrected chi connectivity index (χ4v) is 5.68. The summed E-state index contributed by atoms with van der Waals surface area (Å²) < 4.78 is 0. The lowest BCUT2D eigenvalue weighted by Gasteiger charge is -2.39. The predicted octanol–water partition coefficient (Wildman–Crippen LogP) is 4.58. The first-order chi connectivity index (χ1) is 19.1. The van der Waals surface area contributed by atoms with Crippen LogP contribution in [-0.4, -0.2) is 85.5 Å². The van der Waals surface area contributed by atoms with Crippen molar-refractivity contribution in [2.75, 3.05) is 51.6 Å². The lowest BCUT2D eigenvalue weighted by Crippen LogP contribution is -2.45. The van der Waals surface area contributed by atoms with Crippen LogP contribution < -0.4 is 27.0 Å². The van der Waals surface area contributed by atoms with E-state index in [0.29, 0.717) is 30.7 Å². The summed E-state index contributed by atoms with van der Waals surface area (Å²) in [5, 5.41) is 13.3. The van der Waals surface area contributed by atoms with Gasteiger partial charge in [0.05, 0.1) is 0 Å². The van der Waals surface area contributed by atoms with Gasteiger partial charge in [-0.3, -0.25) is 9.80 Å². The van der Waals surface area contributed by atoms with Crippen molar-refractivity contribution < 1.29 is 0 Å². The maximum atomic E-state index is 5.44. The van der Waals surface area contributed by atoms with Crippen LogP contribution in [0.4, 0.5) is 0 Å². The number of nitrogens with zero attached hydrogens (tertiary/aromatic N) is 2. The van der Waals surface area contributed by atoms with Crippen molar-refractivity contribution >= 4 is 12.6 Å². The van der Waals surface area contributed by atoms with Gasteiger partial charge in [0.25, 0.3) is 0 Å². The molecule has 6 N–H and O–H groups in total. The van der Waals surface area contributed by atoms with E-state index in [2.05, 4.69) is 97.7 Å². The molecule has 232 valence electrons. The standard InChI is InChI=1S/C16H32N4.C16H31N3S/c1-13(19-11-9-17)8-10-18-14(2)12-20-15(3)6-5-7-16(20)4;1-13(18-10-11-20)8-9-17-14(2)12-19-15(3)6-5-7-16(19)4/h15-16,18-19H,1-2,5-12,17H2,3-4H3;15-18,20H,1-2,5-12H2,3-4H3. The van der Waals surface area contributed by atoms with Gasteiger partial charge in [0.2, 0.25) is 0 Å². The fraction of sp³-hybridized carbons (Fsp3) is 0.750. The molecule has 7 nitrogen and oxygen atoms in total. The molecule has 0 amide bonds. The zero-order valence-corrected chi connectivity index (χ0v) is 27.3. The van der Waals surface area contributed by atoms with Crippen LogP contribution in [0, 0.1) is 0 Å². The number of nitrogens with one attached hydrogen (secondary N) is 4. The number of nitrogens with two attached hydrogens (primary N) is 1. The van der Waals surface area contributed by atoms with Crippen LogP contribution in [0.1, 0.15) is 79.1 Å². The van der Waals surface area contributed by atoms with E-state index in [4.69, 9.17) is 5.73 Å². The molecule has 0 spiro atoms. The topological polar surface area (TPSA) is 80.6 Å². The van der Waals surface area contributed by atoms with Crippen molar-refractivity contribution in [3.05, 3.63) is 49.1 Å². The maximum Gasteiger partial charge on any atom is 0.0381 e. The first-order valence-electron chi connectivity index (χ1n) is 15.6. The van der Waals surface area contributed by atoms with E-state index in [1.165, 1.54) is 38.5 Å². The fourth-order valence-electron chi connectivity index (χ4n) is 5.56. The predicted molar refractivity (Wildman–Crippen MR) is 180 cm³/mol. The van der Waals surface area contributed by atoms with E-state index in [9.17, 15) is 0 Å². The normalized spacial score (nSPS) is 23.4. The van der Waals surface area contributed by atoms with Crippen LogP contribution >= 0.6 is 12.6 Å². The Morgan fingerprint density at radius 1 is 0.625 bits per heavy atom. The van der Waals surface area contributed by atoms with Gasteiger partial charge in [-0.2, -0.15) is 12.6 Å². The Balaban J connectivity index is 0.000000400. The molecule has 0 radical (unpaired) electrons. The van der Waals surface area contributed by atoms with Crippen LogP contribution in [0.15, 0.2) is 49.1 Å². The van der Waals surface area contributed by atoms with Gasteiger partial charge in [0.1, 0.15) is 0 Å². The number of piperidine rings is 2. The summed E-state index contributed by atoms with van der Waals surface area (Å²) in [6.45, 7) is 31.6. The smallest absolute Gasteiger partial charge is 0.0381 e. The van der Waals surface area contributed by atoms with E-state index in [0.717, 1.165) is 80.7 Å². The summed E-state index contributed by atoms with van der Waals surface area (Å²) in [6.07, 6.45) is 9.77. The molecule has 4 atom stereocenters. The quantitative estimate of drug-likeness (QED) is 0.133. The second-order valence-corrected chi connectivity index (χ2v) is 12.2. The molecule has 8 heteroatoms. The Morgan fingerprint density at radius 3 is 1.32 bits per heavy atom. The Morgan fingerprint density at radius 2 is 0.975 bits per heavy atom. The number of rotatable bonds is 18. The summed E-state index contributed by atoms with van der Waals surface area (Å²) in [5.41, 5.74) is 9.78. The van der Waals surface area contributed by atoms with E-state index in [1.54, 1.807) is 0 Å². The molecule has 0 aromatic rings. The largest absolute Gasteiger partial charge is 0.388 e. The third-order valence-corrected chi connectivity index (χ3v) is 8.33. The Hall–Kier alpha value is -1.61. The highest BCUT2D eigenvalue weighted by molar-refractivity contribution is 7.80. The number of thiol groups is 1. The molecule has 0 aromatic heterocycles. The molecule has 2 heterocycles. The monoisotopic (exact) mass is 577 g/mol. The number of hydrogen-bond donors (Lipinski definition) is 6. The van der Waals surface area contributed by atoms with Gasteiger partial charge < -0.3 is 27.0 Å². The van der Waals surface area contributed by atoms with Crippen LogP contribution in [0.2, 0.25) is 0 Å². The first kappa shape index (κ1) is 36.4. The minimum Gasteiger partial charge on any atom is -0.388 e. The molecule has 2 aliphatic heterocycles. The van der Waals surface area contributed by atoms with Crippen molar-refractivity contribution in [2.24, 2.45) is 5.73 Å². The van der Waals surface area contributed by atoms with Crippen LogP contribution in [0.25, 0.3) is 0 Å². The molecular weight excluding hydrogens is 514 g/mol. The highest BCUT2D eigenvalue weighted by Crippen LogP contribution is 2.23. The lowest BCUT2D eigenvalue weighted by molar-refractivity contribution is 0.113. The zero-order valence-electron chi connectivity index (χ0n) is 26.4. The van der Waals surface area contributed by atoms with E-state index >= 15 is 0 Å². The van der Waals surface area contributed by atoms with Crippen molar-refractivity contribution in [3.63, 3.8) is 0 Å². The Bertz CT molecular complexity index is 674. The van der Waals surface area contributed by atoms with Gasteiger partial charge in [-0.15, -0.1) is 0 Å². The van der Waals surface area contributed by atoms with E-state index in [-0.39, 0.29) is 0 Å². The van der Waals surface area contributed by atoms with Crippen molar-refractivity contribution in [3.8, 4) is 0 Å². The second kappa shape index (κ2) is 21.1. The van der Waals surface area contributed by atoms with Gasteiger partial charge in [-0.05, 0) is 53.4 Å². The summed E-state index contributed by atoms with van der Waals surface area (Å²) in [5.74, 6) is 0.837. The average molecular weight is 578 g/mol. The Labute approximate surface area is 253 Å². The van der Waals surface area contributed by atoms with E-state index in [1.807, 2.05) is 0 Å². The molecule has 2 rings (SSSR count). The van der Waals surface area contributed by atoms with E-state index < -0.39 is 0 Å². The van der Waals surface area contributed by atoms with Crippen molar-refractivity contribution in [2.45, 2.75) is 103 Å². The molecule has 40 heavy (non-hydrogen) atoms. The van der Waals surface area contributed by atoms with Crippen molar-refractivity contribution in [1.29, 1.82) is 0 Å². The lowest BCUT2D eigenvalue weighted by atomic mass is 9.97. The van der Waals surface area contributed by atoms with Gasteiger partial charge >= 0.3 is 0 Å². The van der Waals surface area contributed by atoms with Gasteiger partial charge in [-0.25, -0.2) is 0 Å². The van der Waals surface area contributed by atoms with Gasteiger partial charge in [0, 0.05) is 111 Å². The summed E-state index contributed by atoms with van der Waals surface area (Å²) in [6, 6.07) is 2.67. The Kier molecular flexibility index (Phi) is 19.3. The van der Waals surface area contributed by atoms with Gasteiger partial charge in [-0.1, -0.05) is 39.2 Å². The molecule has 0 aliphatic carbocycles. The maximum absolute atomic E-state index is 5.44. The van der Waals surface area contributed by atoms with Crippen LogP contribution in [0.3, 0.4) is 0 Å². The minimum atomic E-state index is 0.643. The third-order valence-electron chi connectivity index (χ3n) is 8.11. The molecule has 2 aliphatic rings. The molecule has 0 aromatic carbocycles. The number of hydrogen-bond acceptors (Lipinski definition) is 8. The summed E-state index contributed by atoms with van der Waals surface area (Å²) in [4.78, 5) is 5.12. The molecule has 0 bridgehead atoms.